The predicted molar refractivity (Wildman–Crippen MR) is 122 cm³/mol. The second-order valence-corrected chi connectivity index (χ2v) is 12.6. The average Bonchev–Trinajstić information content (AvgIpc) is 3.39. The molecule has 4 aliphatic heterocycles. The van der Waals surface area contributed by atoms with Crippen LogP contribution in [0.1, 0.15) is 26.7 Å². The van der Waals surface area contributed by atoms with E-state index < -0.39 is 34.0 Å². The number of nitrogens with zero attached hydrogens (tertiary/aromatic N) is 2. The number of sulfonamides is 1. The minimum Gasteiger partial charge on any atom is -0.477 e. The minimum absolute atomic E-state index is 0.0118. The zero-order valence-electron chi connectivity index (χ0n) is 18.9. The quantitative estimate of drug-likeness (QED) is 0.311. The third-order valence-corrected chi connectivity index (χ3v) is 9.26. The number of β-lactam (4-membered cyclic amide) rings is 1. The average molecular weight is 502 g/mol. The molecule has 0 radical (unpaired) electrons. The topological polar surface area (TPSA) is 162 Å². The number of rotatable bonds is 7. The van der Waals surface area contributed by atoms with Crippen molar-refractivity contribution in [1.82, 2.24) is 19.8 Å². The molecule has 0 aromatic heterocycles. The summed E-state index contributed by atoms with van der Waals surface area (Å²) < 4.78 is 25.7. The van der Waals surface area contributed by atoms with Crippen molar-refractivity contribution >= 4 is 39.6 Å². The highest BCUT2D eigenvalue weighted by Gasteiger charge is 2.60. The Morgan fingerprint density at radius 1 is 1.36 bits per heavy atom. The van der Waals surface area contributed by atoms with Gasteiger partial charge in [0.15, 0.2) is 0 Å². The van der Waals surface area contributed by atoms with E-state index in [1.165, 1.54) is 16.7 Å². The van der Waals surface area contributed by atoms with Crippen LogP contribution >= 0.6 is 11.8 Å². The van der Waals surface area contributed by atoms with Crippen LogP contribution in [-0.2, 0) is 24.4 Å². The zero-order chi connectivity index (χ0) is 24.2. The number of hydrogen-bond donors (Lipinski definition) is 4. The van der Waals surface area contributed by atoms with Crippen LogP contribution < -0.4 is 15.8 Å². The van der Waals surface area contributed by atoms with Crippen molar-refractivity contribution in [2.24, 2.45) is 17.6 Å². The highest BCUT2D eigenvalue weighted by Crippen LogP contribution is 2.51. The molecule has 3 saturated heterocycles. The summed E-state index contributed by atoms with van der Waals surface area (Å²) in [6.45, 7) is 5.26. The second-order valence-electron chi connectivity index (χ2n) is 9.48. The molecule has 184 valence electrons. The SMILES string of the molecule is C[C@@H](NS(C)(=O)=O)[C@H]1C(=O)N2C(C(=O)O)=C(S[C@@H]3CN[C@H](C(=O)N4CC[C@@H](N)C4)C3)[C@H](C)[C@H]12. The Morgan fingerprint density at radius 3 is 2.64 bits per heavy atom. The first kappa shape index (κ1) is 24.5. The van der Waals surface area contributed by atoms with Gasteiger partial charge in [0, 0.05) is 47.8 Å². The Kier molecular flexibility index (Phi) is 6.55. The number of fused-ring (bicyclic) bond motifs is 1. The lowest BCUT2D eigenvalue weighted by Crippen LogP contribution is -2.66. The van der Waals surface area contributed by atoms with Crippen LogP contribution in [0.4, 0.5) is 0 Å². The number of carbonyl (C=O) groups is 3. The molecule has 33 heavy (non-hydrogen) atoms. The fourth-order valence-electron chi connectivity index (χ4n) is 5.48. The molecule has 0 aliphatic carbocycles. The van der Waals surface area contributed by atoms with Gasteiger partial charge in [-0.1, -0.05) is 6.92 Å². The number of carbonyl (C=O) groups excluding carboxylic acids is 2. The van der Waals surface area contributed by atoms with Crippen LogP contribution in [-0.4, -0.2) is 96.4 Å². The van der Waals surface area contributed by atoms with Gasteiger partial charge in [-0.2, -0.15) is 0 Å². The molecular weight excluding hydrogens is 470 g/mol. The number of thioether (sulfide) groups is 1. The molecule has 2 amide bonds. The normalized spacial score (nSPS) is 35.1. The first-order valence-electron chi connectivity index (χ1n) is 11.1. The predicted octanol–water partition coefficient (Wildman–Crippen LogP) is -1.28. The van der Waals surface area contributed by atoms with Crippen molar-refractivity contribution in [3.8, 4) is 0 Å². The summed E-state index contributed by atoms with van der Waals surface area (Å²) in [5.74, 6) is -2.41. The number of carboxylic acid groups (broad SMARTS) is 1. The number of aliphatic carboxylic acids is 1. The maximum atomic E-state index is 12.8. The molecule has 0 saturated carbocycles. The summed E-state index contributed by atoms with van der Waals surface area (Å²) in [5, 5.41) is 13.1. The zero-order valence-corrected chi connectivity index (χ0v) is 20.5. The molecule has 11 nitrogen and oxygen atoms in total. The van der Waals surface area contributed by atoms with E-state index >= 15 is 0 Å². The highest BCUT2D eigenvalue weighted by molar-refractivity contribution is 8.03. The van der Waals surface area contributed by atoms with Crippen molar-refractivity contribution < 1.29 is 27.9 Å². The van der Waals surface area contributed by atoms with Gasteiger partial charge in [-0.05, 0) is 19.8 Å². The third-order valence-electron chi connectivity index (χ3n) is 6.95. The van der Waals surface area contributed by atoms with Crippen LogP contribution in [0.25, 0.3) is 0 Å². The molecule has 0 bridgehead atoms. The maximum Gasteiger partial charge on any atom is 0.353 e. The van der Waals surface area contributed by atoms with Crippen molar-refractivity contribution in [2.75, 3.05) is 25.9 Å². The molecule has 7 atom stereocenters. The first-order valence-corrected chi connectivity index (χ1v) is 13.9. The Balaban J connectivity index is 1.46. The van der Waals surface area contributed by atoms with Gasteiger partial charge in [0.05, 0.1) is 24.3 Å². The second kappa shape index (κ2) is 8.84. The standard InChI is InChI=1S/C20H31N5O6S2/c1-9-15-14(10(2)23-33(3,30)31)19(27)25(15)16(20(28)29)17(9)32-12-6-13(22-7-12)18(26)24-5-4-11(21)8-24/h9-15,22-23H,4-8,21H2,1-3H3,(H,28,29)/t9-,10-,11-,12+,13+,14-,15-/m1/s1. The Labute approximate surface area is 197 Å². The van der Waals surface area contributed by atoms with Gasteiger partial charge in [-0.25, -0.2) is 17.9 Å². The van der Waals surface area contributed by atoms with Gasteiger partial charge < -0.3 is 26.0 Å². The van der Waals surface area contributed by atoms with Crippen LogP contribution in [0.2, 0.25) is 0 Å². The lowest BCUT2D eigenvalue weighted by molar-refractivity contribution is -0.157. The third kappa shape index (κ3) is 4.53. The van der Waals surface area contributed by atoms with Crippen molar-refractivity contribution in [2.45, 2.75) is 56.1 Å². The molecule has 0 spiro atoms. The lowest BCUT2D eigenvalue weighted by atomic mass is 9.78. The molecule has 13 heteroatoms. The van der Waals surface area contributed by atoms with Crippen molar-refractivity contribution in [3.05, 3.63) is 10.6 Å². The number of likely N-dealkylation sites (tertiary alicyclic amines) is 1. The van der Waals surface area contributed by atoms with Gasteiger partial charge in [0.2, 0.25) is 21.8 Å². The van der Waals surface area contributed by atoms with E-state index in [-0.39, 0.29) is 40.8 Å². The minimum atomic E-state index is -3.51. The fourth-order valence-corrected chi connectivity index (χ4v) is 7.78. The molecule has 0 aromatic rings. The van der Waals surface area contributed by atoms with E-state index in [2.05, 4.69) is 10.0 Å². The Morgan fingerprint density at radius 2 is 2.06 bits per heavy atom. The molecule has 3 fully saturated rings. The van der Waals surface area contributed by atoms with E-state index in [0.29, 0.717) is 31.0 Å². The fraction of sp³-hybridized carbons (Fsp3) is 0.750. The van der Waals surface area contributed by atoms with Gasteiger partial charge in [0.25, 0.3) is 0 Å². The number of nitrogens with one attached hydrogen (secondary N) is 2. The van der Waals surface area contributed by atoms with Crippen LogP contribution in [0.15, 0.2) is 10.6 Å². The summed E-state index contributed by atoms with van der Waals surface area (Å²) in [6.07, 6.45) is 2.39. The molecule has 0 aromatic carbocycles. The lowest BCUT2D eigenvalue weighted by Gasteiger charge is -2.47. The summed E-state index contributed by atoms with van der Waals surface area (Å²) in [7, 11) is -3.51. The van der Waals surface area contributed by atoms with Crippen LogP contribution in [0.5, 0.6) is 0 Å². The van der Waals surface area contributed by atoms with Crippen LogP contribution in [0.3, 0.4) is 0 Å². The molecule has 4 aliphatic rings. The number of hydrogen-bond acceptors (Lipinski definition) is 8. The van der Waals surface area contributed by atoms with E-state index in [0.717, 1.165) is 12.7 Å². The van der Waals surface area contributed by atoms with Crippen LogP contribution in [0, 0.1) is 11.8 Å². The summed E-state index contributed by atoms with van der Waals surface area (Å²) in [6, 6.07) is -1.37. The summed E-state index contributed by atoms with van der Waals surface area (Å²) in [4.78, 5) is 41.4. The van der Waals surface area contributed by atoms with E-state index in [1.807, 2.05) is 6.92 Å². The van der Waals surface area contributed by atoms with Gasteiger partial charge in [-0.3, -0.25) is 9.59 Å². The number of nitrogens with two attached hydrogens (primary N) is 1. The van der Waals surface area contributed by atoms with Crippen molar-refractivity contribution in [3.63, 3.8) is 0 Å². The maximum absolute atomic E-state index is 12.8. The molecule has 4 rings (SSSR count). The Hall–Kier alpha value is -1.67. The number of amides is 2. The van der Waals surface area contributed by atoms with Gasteiger partial charge in [0.1, 0.15) is 5.70 Å². The van der Waals surface area contributed by atoms with E-state index in [1.54, 1.807) is 11.8 Å². The summed E-state index contributed by atoms with van der Waals surface area (Å²) in [5.41, 5.74) is 5.89. The highest BCUT2D eigenvalue weighted by atomic mass is 32.2. The summed E-state index contributed by atoms with van der Waals surface area (Å²) >= 11 is 1.41. The Bertz CT molecular complexity index is 1000. The first-order chi connectivity index (χ1) is 15.4. The largest absolute Gasteiger partial charge is 0.477 e. The van der Waals surface area contributed by atoms with Gasteiger partial charge >= 0.3 is 5.97 Å². The van der Waals surface area contributed by atoms with Gasteiger partial charge in [-0.15, -0.1) is 11.8 Å². The van der Waals surface area contributed by atoms with Crippen molar-refractivity contribution in [1.29, 1.82) is 0 Å². The monoisotopic (exact) mass is 501 g/mol. The smallest absolute Gasteiger partial charge is 0.353 e. The molecular formula is C20H31N5O6S2. The van der Waals surface area contributed by atoms with E-state index in [4.69, 9.17) is 5.73 Å². The molecule has 4 heterocycles. The number of carboxylic acids is 1. The van der Waals surface area contributed by atoms with E-state index in [9.17, 15) is 27.9 Å². The molecule has 0 unspecified atom stereocenters. The molecule has 5 N–H and O–H groups in total.